The van der Waals surface area contributed by atoms with Crippen molar-refractivity contribution in [2.45, 2.75) is 58.0 Å². The minimum atomic E-state index is 0.0619. The molecule has 0 unspecified atom stereocenters. The molecule has 1 spiro atoms. The average molecular weight is 354 g/mol. The third-order valence-corrected chi connectivity index (χ3v) is 9.57. The van der Waals surface area contributed by atoms with Gasteiger partial charge in [0.1, 0.15) is 0 Å². The quantitative estimate of drug-likeness (QED) is 0.385. The van der Waals surface area contributed by atoms with Crippen LogP contribution in [0.3, 0.4) is 0 Å². The van der Waals surface area contributed by atoms with Gasteiger partial charge in [0.15, 0.2) is 0 Å². The lowest BCUT2D eigenvalue weighted by atomic mass is 9.47. The largest absolute Gasteiger partial charge is 0.411 e. The molecule has 0 bridgehead atoms. The van der Waals surface area contributed by atoms with E-state index < -0.39 is 0 Å². The molecule has 26 heavy (non-hydrogen) atoms. The molecule has 3 heteroatoms. The molecule has 1 N–H and O–H groups in total. The van der Waals surface area contributed by atoms with Crippen LogP contribution >= 0.6 is 0 Å². The van der Waals surface area contributed by atoms with Crippen molar-refractivity contribution >= 4 is 5.71 Å². The van der Waals surface area contributed by atoms with Crippen LogP contribution in [-0.2, 0) is 4.74 Å². The van der Waals surface area contributed by atoms with E-state index in [0.29, 0.717) is 5.41 Å². The highest BCUT2D eigenvalue weighted by Gasteiger charge is 2.76. The van der Waals surface area contributed by atoms with Crippen molar-refractivity contribution in [2.75, 3.05) is 6.61 Å². The molecule has 1 aliphatic heterocycles. The van der Waals surface area contributed by atoms with Gasteiger partial charge in [-0.1, -0.05) is 36.7 Å². The highest BCUT2D eigenvalue weighted by Crippen LogP contribution is 2.78. The molecule has 0 aromatic heterocycles. The van der Waals surface area contributed by atoms with Crippen LogP contribution in [-0.4, -0.2) is 23.1 Å². The summed E-state index contributed by atoms with van der Waals surface area (Å²) in [5.41, 5.74) is 2.89. The van der Waals surface area contributed by atoms with Gasteiger partial charge in [-0.2, -0.15) is 0 Å². The van der Waals surface area contributed by atoms with Gasteiger partial charge >= 0.3 is 0 Å². The molecule has 0 aromatic carbocycles. The predicted molar refractivity (Wildman–Crippen MR) is 101 cm³/mol. The maximum absolute atomic E-state index is 9.22. The van der Waals surface area contributed by atoms with E-state index in [-0.39, 0.29) is 5.60 Å². The Hall–Kier alpha value is -1.09. The van der Waals surface area contributed by atoms with E-state index in [4.69, 9.17) is 4.74 Å². The predicted octanol–water partition coefficient (Wildman–Crippen LogP) is 4.82. The fourth-order valence-corrected chi connectivity index (χ4v) is 8.72. The van der Waals surface area contributed by atoms with Gasteiger partial charge < -0.3 is 9.94 Å². The van der Waals surface area contributed by atoms with E-state index in [1.54, 1.807) is 5.57 Å². The zero-order chi connectivity index (χ0) is 17.7. The first kappa shape index (κ1) is 15.9. The lowest BCUT2D eigenvalue weighted by Gasteiger charge is -2.59. The van der Waals surface area contributed by atoms with Crippen LogP contribution in [0, 0.1) is 46.8 Å². The Labute approximate surface area is 156 Å². The summed E-state index contributed by atoms with van der Waals surface area (Å²) in [6.45, 7) is 5.90. The van der Waals surface area contributed by atoms with Crippen molar-refractivity contribution in [3.8, 4) is 0 Å². The molecule has 4 fully saturated rings. The van der Waals surface area contributed by atoms with Crippen LogP contribution in [0.15, 0.2) is 29.0 Å². The molecular formula is C23H31NO2. The number of hydrogen-bond donors (Lipinski definition) is 1. The van der Waals surface area contributed by atoms with Crippen molar-refractivity contribution in [3.63, 3.8) is 0 Å². The molecule has 9 atom stereocenters. The maximum atomic E-state index is 9.22. The minimum Gasteiger partial charge on any atom is -0.411 e. The average Bonchev–Trinajstić information content (AvgIpc) is 3.21. The number of hydrogen-bond acceptors (Lipinski definition) is 3. The molecule has 0 amide bonds. The van der Waals surface area contributed by atoms with Gasteiger partial charge in [-0.3, -0.25) is 0 Å². The van der Waals surface area contributed by atoms with Crippen molar-refractivity contribution in [1.82, 2.24) is 0 Å². The minimum absolute atomic E-state index is 0.0619. The summed E-state index contributed by atoms with van der Waals surface area (Å²) < 4.78 is 6.51. The van der Waals surface area contributed by atoms with Crippen molar-refractivity contribution < 1.29 is 9.94 Å². The summed E-state index contributed by atoms with van der Waals surface area (Å²) in [6.07, 6.45) is 14.4. The Morgan fingerprint density at radius 2 is 2.15 bits per heavy atom. The van der Waals surface area contributed by atoms with Gasteiger partial charge in [-0.15, -0.1) is 0 Å². The molecule has 140 valence electrons. The zero-order valence-corrected chi connectivity index (χ0v) is 16.0. The summed E-state index contributed by atoms with van der Waals surface area (Å²) >= 11 is 0. The lowest BCUT2D eigenvalue weighted by molar-refractivity contribution is -0.138. The van der Waals surface area contributed by atoms with Gasteiger partial charge in [0.2, 0.25) is 0 Å². The first-order valence-corrected chi connectivity index (χ1v) is 10.8. The van der Waals surface area contributed by atoms with Gasteiger partial charge in [-0.05, 0) is 86.0 Å². The summed E-state index contributed by atoms with van der Waals surface area (Å²) in [7, 11) is 0. The molecule has 0 aromatic rings. The second-order valence-electron chi connectivity index (χ2n) is 10.4. The lowest BCUT2D eigenvalue weighted by Crippen LogP contribution is -2.56. The van der Waals surface area contributed by atoms with Crippen molar-refractivity contribution in [2.24, 2.45) is 52.0 Å². The molecule has 6 rings (SSSR count). The van der Waals surface area contributed by atoms with E-state index in [1.165, 1.54) is 32.1 Å². The normalized spacial score (nSPS) is 58.2. The van der Waals surface area contributed by atoms with Crippen molar-refractivity contribution in [3.05, 3.63) is 23.8 Å². The Balaban J connectivity index is 1.39. The number of allylic oxidation sites excluding steroid dienone is 2. The molecule has 0 radical (unpaired) electrons. The Morgan fingerprint density at radius 1 is 1.27 bits per heavy atom. The van der Waals surface area contributed by atoms with E-state index in [2.05, 4.69) is 37.2 Å². The Bertz CT molecular complexity index is 738. The third kappa shape index (κ3) is 1.72. The summed E-state index contributed by atoms with van der Waals surface area (Å²) in [5, 5.41) is 12.7. The third-order valence-electron chi connectivity index (χ3n) is 9.57. The fourth-order valence-electron chi connectivity index (χ4n) is 8.72. The highest BCUT2D eigenvalue weighted by molar-refractivity contribution is 5.96. The second-order valence-corrected chi connectivity index (χ2v) is 10.4. The summed E-state index contributed by atoms with van der Waals surface area (Å²) in [4.78, 5) is 0. The van der Waals surface area contributed by atoms with Crippen LogP contribution < -0.4 is 0 Å². The molecule has 0 saturated heterocycles. The zero-order valence-electron chi connectivity index (χ0n) is 16.0. The first-order chi connectivity index (χ1) is 12.6. The van der Waals surface area contributed by atoms with Crippen molar-refractivity contribution in [1.29, 1.82) is 0 Å². The molecule has 6 aliphatic rings. The molecular weight excluding hydrogens is 322 g/mol. The Kier molecular flexibility index (Phi) is 3.08. The van der Waals surface area contributed by atoms with Gasteiger partial charge in [-0.25, -0.2) is 0 Å². The molecule has 3 nitrogen and oxygen atoms in total. The first-order valence-electron chi connectivity index (χ1n) is 10.8. The molecule has 5 aliphatic carbocycles. The van der Waals surface area contributed by atoms with Crippen LogP contribution in [0.1, 0.15) is 52.4 Å². The van der Waals surface area contributed by atoms with E-state index in [9.17, 15) is 5.21 Å². The van der Waals surface area contributed by atoms with Gasteiger partial charge in [0.05, 0.1) is 17.9 Å². The van der Waals surface area contributed by atoms with Crippen LogP contribution in [0.2, 0.25) is 0 Å². The Morgan fingerprint density at radius 3 is 2.92 bits per heavy atom. The smallest absolute Gasteiger partial charge is 0.0954 e. The number of oxime groups is 1. The number of rotatable bonds is 0. The molecule has 4 saturated carbocycles. The standard InChI is InChI=1S/C23H31NO2/c1-13-10-14-11-15(24-25)4-5-16(14)17-6-8-22(2)21(20(13)17)18-12-19(18)23(22)7-3-9-26-23/h3,7,11,13,16-21,25H,4-6,8-10,12H2,1-2H3/b24-15+/t13-,16+,17-,18-,19+,20-,21+,22+,23+/m1/s1. The summed E-state index contributed by atoms with van der Waals surface area (Å²) in [5.74, 6) is 5.71. The van der Waals surface area contributed by atoms with Crippen LogP contribution in [0.5, 0.6) is 0 Å². The van der Waals surface area contributed by atoms with E-state index in [1.807, 2.05) is 0 Å². The number of nitrogens with zero attached hydrogens (tertiary/aromatic N) is 1. The highest BCUT2D eigenvalue weighted by atomic mass is 16.5. The SMILES string of the molecule is C[C@@H]1CC2=C/C(=N/O)CC[C@@H]2[C@H]2CC[C@@]3(C)[C@@H]([C@@H]4C[C@@H]4[C@@]34C=CCO4)[C@@H]21. The van der Waals surface area contributed by atoms with Crippen LogP contribution in [0.25, 0.3) is 0 Å². The van der Waals surface area contributed by atoms with E-state index in [0.717, 1.165) is 60.2 Å². The van der Waals surface area contributed by atoms with E-state index >= 15 is 0 Å². The molecule has 1 heterocycles. The topological polar surface area (TPSA) is 41.8 Å². The van der Waals surface area contributed by atoms with Gasteiger partial charge in [0.25, 0.3) is 0 Å². The summed E-state index contributed by atoms with van der Waals surface area (Å²) in [6, 6.07) is 0. The maximum Gasteiger partial charge on any atom is 0.0954 e. The van der Waals surface area contributed by atoms with Gasteiger partial charge in [0, 0.05) is 5.41 Å². The second kappa shape index (κ2) is 5.04. The van der Waals surface area contributed by atoms with Crippen LogP contribution in [0.4, 0.5) is 0 Å². The monoisotopic (exact) mass is 353 g/mol. The number of fused-ring (bicyclic) bond motifs is 9. The fraction of sp³-hybridized carbons (Fsp3) is 0.783. The number of ether oxygens (including phenoxy) is 1.